The number of benzene rings is 12. The zero-order valence-corrected chi connectivity index (χ0v) is 36.8. The van der Waals surface area contributed by atoms with Crippen molar-refractivity contribution in [3.8, 4) is 44.5 Å². The molecule has 0 radical (unpaired) electrons. The Kier molecular flexibility index (Phi) is 9.11. The molecule has 1 aromatic heterocycles. The lowest BCUT2D eigenvalue weighted by Crippen LogP contribution is -2.11. The van der Waals surface area contributed by atoms with Crippen molar-refractivity contribution in [3.05, 3.63) is 249 Å². The molecule has 66 heavy (non-hydrogen) atoms. The van der Waals surface area contributed by atoms with Gasteiger partial charge in [0.1, 0.15) is 0 Å². The van der Waals surface area contributed by atoms with E-state index in [4.69, 9.17) is 0 Å². The van der Waals surface area contributed by atoms with Crippen LogP contribution in [-0.2, 0) is 0 Å². The van der Waals surface area contributed by atoms with Crippen molar-refractivity contribution in [2.75, 3.05) is 4.90 Å². The van der Waals surface area contributed by atoms with Crippen molar-refractivity contribution in [2.24, 2.45) is 0 Å². The Bertz CT molecular complexity index is 4000. The highest BCUT2D eigenvalue weighted by atomic mass is 32.1. The van der Waals surface area contributed by atoms with Crippen LogP contribution in [-0.4, -0.2) is 0 Å². The molecule has 0 fully saturated rings. The number of hydrogen-bond acceptors (Lipinski definition) is 2. The smallest absolute Gasteiger partial charge is 0.0540 e. The minimum atomic E-state index is 1.10. The second kappa shape index (κ2) is 15.7. The molecule has 308 valence electrons. The zero-order chi connectivity index (χ0) is 43.6. The zero-order valence-electron chi connectivity index (χ0n) is 36.0. The van der Waals surface area contributed by atoms with Crippen LogP contribution in [0.4, 0.5) is 17.1 Å². The highest BCUT2D eigenvalue weighted by Gasteiger charge is 2.22. The van der Waals surface area contributed by atoms with Gasteiger partial charge in [-0.1, -0.05) is 206 Å². The summed E-state index contributed by atoms with van der Waals surface area (Å²) in [5.74, 6) is 0. The van der Waals surface area contributed by atoms with Crippen molar-refractivity contribution in [3.63, 3.8) is 0 Å². The predicted octanol–water partition coefficient (Wildman–Crippen LogP) is 18.8. The van der Waals surface area contributed by atoms with Gasteiger partial charge in [-0.25, -0.2) is 0 Å². The van der Waals surface area contributed by atoms with Crippen LogP contribution in [0.2, 0.25) is 0 Å². The van der Waals surface area contributed by atoms with E-state index in [0.29, 0.717) is 0 Å². The average Bonchev–Trinajstić information content (AvgIpc) is 3.78. The maximum atomic E-state index is 2.47. The number of fused-ring (bicyclic) bond motifs is 9. The van der Waals surface area contributed by atoms with Crippen LogP contribution in [0.25, 0.3) is 108 Å². The fourth-order valence-corrected chi connectivity index (χ4v) is 11.7. The number of nitrogens with zero attached hydrogens (tertiary/aromatic N) is 1. The quantitative estimate of drug-likeness (QED) is 0.144. The highest BCUT2D eigenvalue weighted by Crippen LogP contribution is 2.49. The van der Waals surface area contributed by atoms with Gasteiger partial charge in [-0.05, 0) is 124 Å². The topological polar surface area (TPSA) is 3.24 Å². The summed E-state index contributed by atoms with van der Waals surface area (Å²) in [6, 6.07) is 91.7. The van der Waals surface area contributed by atoms with Gasteiger partial charge in [-0.2, -0.15) is 0 Å². The maximum absolute atomic E-state index is 2.47. The molecule has 1 heterocycles. The SMILES string of the molecule is c1ccc(-c2c(-c3ccccc3)c3cc(-c4ccccc4N(c4cccc(-c5cccc6c5sc5ccccc56)c4)c4ccc5c(ccc6ccccc65)c4)ccc3c3ccccc23)cc1. The van der Waals surface area contributed by atoms with Gasteiger partial charge in [-0.3, -0.25) is 0 Å². The molecule has 12 aromatic carbocycles. The Balaban J connectivity index is 1.05. The summed E-state index contributed by atoms with van der Waals surface area (Å²) in [6.07, 6.45) is 0. The summed E-state index contributed by atoms with van der Waals surface area (Å²) in [6.45, 7) is 0. The molecule has 0 N–H and O–H groups in total. The Morgan fingerprint density at radius 2 is 0.818 bits per heavy atom. The van der Waals surface area contributed by atoms with E-state index in [2.05, 4.69) is 254 Å². The molecule has 0 atom stereocenters. The first kappa shape index (κ1) is 38.2. The molecule has 0 amide bonds. The van der Waals surface area contributed by atoms with E-state index in [-0.39, 0.29) is 0 Å². The molecule has 0 spiro atoms. The van der Waals surface area contributed by atoms with Gasteiger partial charge in [0.05, 0.1) is 5.69 Å². The maximum Gasteiger partial charge on any atom is 0.0540 e. The van der Waals surface area contributed by atoms with Gasteiger partial charge >= 0.3 is 0 Å². The van der Waals surface area contributed by atoms with Crippen LogP contribution < -0.4 is 4.90 Å². The fourth-order valence-electron chi connectivity index (χ4n) is 10.4. The number of rotatable bonds is 7. The fraction of sp³-hybridized carbons (Fsp3) is 0. The lowest BCUT2D eigenvalue weighted by Gasteiger charge is -2.29. The largest absolute Gasteiger partial charge is 0.310 e. The third kappa shape index (κ3) is 6.30. The van der Waals surface area contributed by atoms with E-state index in [1.807, 2.05) is 11.3 Å². The standard InChI is InChI=1S/C64H41NS/c1-3-18-43(19-4-1)62-57-28-10-9-26-54(57)55-37-35-47(41-59(55)63(62)44-20-5-2-6-21-44)52-25-11-13-31-60(52)65(49-36-38-51-46(40-49)34-33-42-17-7-8-24-50(42)51)48-23-15-22-45(39-48)53-29-16-30-58-56-27-12-14-32-61(56)66-64(53)58/h1-41H. The molecule has 0 aliphatic rings. The summed E-state index contributed by atoms with van der Waals surface area (Å²) in [5.41, 5.74) is 13.0. The number of hydrogen-bond donors (Lipinski definition) is 0. The van der Waals surface area contributed by atoms with Gasteiger partial charge in [0.25, 0.3) is 0 Å². The first-order valence-corrected chi connectivity index (χ1v) is 23.5. The van der Waals surface area contributed by atoms with Gasteiger partial charge in [-0.15, -0.1) is 11.3 Å². The van der Waals surface area contributed by atoms with Gasteiger partial charge in [0, 0.05) is 37.1 Å². The third-order valence-electron chi connectivity index (χ3n) is 13.4. The summed E-state index contributed by atoms with van der Waals surface area (Å²) in [4.78, 5) is 2.47. The number of thiophene rings is 1. The lowest BCUT2D eigenvalue weighted by atomic mass is 9.84. The molecule has 2 heteroatoms. The van der Waals surface area contributed by atoms with E-state index in [9.17, 15) is 0 Å². The molecule has 0 unspecified atom stereocenters. The second-order valence-corrected chi connectivity index (χ2v) is 18.2. The molecule has 1 nitrogen and oxygen atoms in total. The first-order chi connectivity index (χ1) is 32.7. The van der Waals surface area contributed by atoms with Crippen LogP contribution in [0.5, 0.6) is 0 Å². The van der Waals surface area contributed by atoms with Crippen LogP contribution in [0.3, 0.4) is 0 Å². The second-order valence-electron chi connectivity index (χ2n) is 17.2. The summed E-state index contributed by atoms with van der Waals surface area (Å²) in [5, 5.41) is 12.6. The van der Waals surface area contributed by atoms with E-state index in [1.165, 1.54) is 96.6 Å². The molecule has 0 saturated heterocycles. The highest BCUT2D eigenvalue weighted by molar-refractivity contribution is 7.26. The van der Waals surface area contributed by atoms with Crippen molar-refractivity contribution >= 4 is 91.7 Å². The molecule has 0 saturated carbocycles. The number of para-hydroxylation sites is 1. The average molecular weight is 856 g/mol. The van der Waals surface area contributed by atoms with E-state index in [0.717, 1.165) is 28.2 Å². The van der Waals surface area contributed by atoms with Crippen molar-refractivity contribution < 1.29 is 0 Å². The predicted molar refractivity (Wildman–Crippen MR) is 286 cm³/mol. The molecular formula is C64H41NS. The monoisotopic (exact) mass is 855 g/mol. The Labute approximate surface area is 387 Å². The summed E-state index contributed by atoms with van der Waals surface area (Å²) < 4.78 is 2.62. The molecule has 0 bridgehead atoms. The minimum Gasteiger partial charge on any atom is -0.310 e. The number of anilines is 3. The van der Waals surface area contributed by atoms with E-state index in [1.54, 1.807) is 0 Å². The Morgan fingerprint density at radius 3 is 1.65 bits per heavy atom. The van der Waals surface area contributed by atoms with Gasteiger partial charge in [0.2, 0.25) is 0 Å². The molecule has 13 aromatic rings. The van der Waals surface area contributed by atoms with Gasteiger partial charge < -0.3 is 4.90 Å². The third-order valence-corrected chi connectivity index (χ3v) is 14.6. The van der Waals surface area contributed by atoms with Crippen molar-refractivity contribution in [1.82, 2.24) is 0 Å². The van der Waals surface area contributed by atoms with E-state index >= 15 is 0 Å². The molecule has 0 aliphatic carbocycles. The van der Waals surface area contributed by atoms with Gasteiger partial charge in [0.15, 0.2) is 0 Å². The molecular weight excluding hydrogens is 815 g/mol. The van der Waals surface area contributed by atoms with Crippen LogP contribution in [0.1, 0.15) is 0 Å². The Hall–Kier alpha value is -8.30. The Morgan fingerprint density at radius 1 is 0.273 bits per heavy atom. The summed E-state index contributed by atoms with van der Waals surface area (Å²) >= 11 is 1.88. The molecule has 13 rings (SSSR count). The lowest BCUT2D eigenvalue weighted by molar-refractivity contribution is 1.29. The van der Waals surface area contributed by atoms with Crippen LogP contribution in [0, 0.1) is 0 Å². The van der Waals surface area contributed by atoms with Crippen molar-refractivity contribution in [1.29, 1.82) is 0 Å². The van der Waals surface area contributed by atoms with Crippen LogP contribution >= 0.6 is 11.3 Å². The normalized spacial score (nSPS) is 11.6. The minimum absolute atomic E-state index is 1.10. The van der Waals surface area contributed by atoms with E-state index < -0.39 is 0 Å². The van der Waals surface area contributed by atoms with Crippen LogP contribution in [0.15, 0.2) is 249 Å². The first-order valence-electron chi connectivity index (χ1n) is 22.7. The summed E-state index contributed by atoms with van der Waals surface area (Å²) in [7, 11) is 0. The molecule has 0 aliphatic heterocycles. The van der Waals surface area contributed by atoms with Crippen molar-refractivity contribution in [2.45, 2.75) is 0 Å².